The van der Waals surface area contributed by atoms with Gasteiger partial charge in [-0.05, 0) is 29.1 Å². The molecule has 0 atom stereocenters. The zero-order chi connectivity index (χ0) is 10.5. The van der Waals surface area contributed by atoms with E-state index in [2.05, 4.69) is 11.4 Å². The largest absolute Gasteiger partial charge is 0.381 e. The molecule has 0 amide bonds. The summed E-state index contributed by atoms with van der Waals surface area (Å²) >= 11 is 1.48. The zero-order valence-corrected chi connectivity index (χ0v) is 8.92. The Balaban J connectivity index is 1.97. The number of thiophene rings is 1. The van der Waals surface area contributed by atoms with Crippen LogP contribution in [0.4, 0.5) is 5.69 Å². The van der Waals surface area contributed by atoms with Crippen LogP contribution in [0.5, 0.6) is 0 Å². The van der Waals surface area contributed by atoms with E-state index < -0.39 is 0 Å². The second-order valence-corrected chi connectivity index (χ2v) is 4.06. The Hall–Kier alpha value is -1.79. The Morgan fingerprint density at radius 3 is 2.73 bits per heavy atom. The smallest absolute Gasteiger partial charge is 0.110 e. The molecule has 1 N–H and O–H groups in total. The lowest BCUT2D eigenvalue weighted by atomic mass is 10.3. The monoisotopic (exact) mass is 214 g/mol. The molecule has 0 radical (unpaired) electrons. The summed E-state index contributed by atoms with van der Waals surface area (Å²) in [5, 5.41) is 14.0. The molecule has 1 aromatic heterocycles. The first-order valence-corrected chi connectivity index (χ1v) is 5.53. The average Bonchev–Trinajstić information content (AvgIpc) is 2.76. The van der Waals surface area contributed by atoms with Crippen molar-refractivity contribution in [3.63, 3.8) is 0 Å². The summed E-state index contributed by atoms with van der Waals surface area (Å²) in [7, 11) is 0. The highest BCUT2D eigenvalue weighted by molar-refractivity contribution is 7.10. The van der Waals surface area contributed by atoms with Crippen LogP contribution in [0.25, 0.3) is 0 Å². The lowest BCUT2D eigenvalue weighted by Gasteiger charge is -2.03. The molecule has 0 saturated heterocycles. The van der Waals surface area contributed by atoms with Crippen LogP contribution in [0, 0.1) is 11.3 Å². The number of anilines is 1. The fraction of sp³-hybridized carbons (Fsp3) is 0.0833. The first-order valence-electron chi connectivity index (χ1n) is 4.65. The molecule has 0 fully saturated rings. The SMILES string of the molecule is N#Cc1cc(CNc2ccccc2)cs1. The molecule has 74 valence electrons. The van der Waals surface area contributed by atoms with Crippen molar-refractivity contribution in [1.82, 2.24) is 0 Å². The standard InChI is InChI=1S/C12H10N2S/c13-7-12-6-10(9-15-12)8-14-11-4-2-1-3-5-11/h1-6,9,14H,8H2. The summed E-state index contributed by atoms with van der Waals surface area (Å²) in [4.78, 5) is 0.764. The van der Waals surface area contributed by atoms with Crippen molar-refractivity contribution in [2.75, 3.05) is 5.32 Å². The highest BCUT2D eigenvalue weighted by Crippen LogP contribution is 2.15. The third-order valence-electron chi connectivity index (χ3n) is 2.03. The normalized spacial score (nSPS) is 9.53. The van der Waals surface area contributed by atoms with E-state index in [1.54, 1.807) is 0 Å². The van der Waals surface area contributed by atoms with Gasteiger partial charge in [-0.15, -0.1) is 11.3 Å². The van der Waals surface area contributed by atoms with Gasteiger partial charge in [-0.25, -0.2) is 0 Å². The van der Waals surface area contributed by atoms with E-state index in [0.717, 1.165) is 22.7 Å². The molecular weight excluding hydrogens is 204 g/mol. The van der Waals surface area contributed by atoms with Gasteiger partial charge in [-0.1, -0.05) is 18.2 Å². The first-order chi connectivity index (χ1) is 7.38. The van der Waals surface area contributed by atoms with E-state index in [-0.39, 0.29) is 0 Å². The fourth-order valence-electron chi connectivity index (χ4n) is 1.29. The number of hydrogen-bond acceptors (Lipinski definition) is 3. The predicted molar refractivity (Wildman–Crippen MR) is 62.8 cm³/mol. The number of rotatable bonds is 3. The Morgan fingerprint density at radius 1 is 1.27 bits per heavy atom. The van der Waals surface area contributed by atoms with Crippen LogP contribution in [0.15, 0.2) is 41.8 Å². The quantitative estimate of drug-likeness (QED) is 0.851. The molecule has 0 spiro atoms. The van der Waals surface area contributed by atoms with Gasteiger partial charge < -0.3 is 5.32 Å². The Kier molecular flexibility index (Phi) is 3.01. The number of nitriles is 1. The van der Waals surface area contributed by atoms with E-state index in [1.807, 2.05) is 41.8 Å². The first kappa shape index (κ1) is 9.75. The number of para-hydroxylation sites is 1. The number of nitrogens with zero attached hydrogens (tertiary/aromatic N) is 1. The molecule has 1 heterocycles. The molecule has 0 bridgehead atoms. The van der Waals surface area contributed by atoms with E-state index in [1.165, 1.54) is 11.3 Å². The summed E-state index contributed by atoms with van der Waals surface area (Å²) < 4.78 is 0. The summed E-state index contributed by atoms with van der Waals surface area (Å²) in [5.41, 5.74) is 2.25. The highest BCUT2D eigenvalue weighted by atomic mass is 32.1. The third kappa shape index (κ3) is 2.58. The molecule has 0 aliphatic heterocycles. The van der Waals surface area contributed by atoms with Gasteiger partial charge in [0.1, 0.15) is 10.9 Å². The zero-order valence-electron chi connectivity index (χ0n) is 8.10. The fourth-order valence-corrected chi connectivity index (χ4v) is 1.99. The van der Waals surface area contributed by atoms with Crippen molar-refractivity contribution in [2.45, 2.75) is 6.54 Å². The molecule has 2 nitrogen and oxygen atoms in total. The van der Waals surface area contributed by atoms with Crippen LogP contribution in [0.1, 0.15) is 10.4 Å². The van der Waals surface area contributed by atoms with Crippen LogP contribution in [0.3, 0.4) is 0 Å². The van der Waals surface area contributed by atoms with Gasteiger partial charge >= 0.3 is 0 Å². The molecule has 2 aromatic rings. The van der Waals surface area contributed by atoms with Crippen LogP contribution >= 0.6 is 11.3 Å². The van der Waals surface area contributed by atoms with Gasteiger partial charge in [0, 0.05) is 12.2 Å². The summed E-state index contributed by atoms with van der Waals surface area (Å²) in [5.74, 6) is 0. The summed E-state index contributed by atoms with van der Waals surface area (Å²) in [6, 6.07) is 14.1. The van der Waals surface area contributed by atoms with Gasteiger partial charge in [0.2, 0.25) is 0 Å². The molecule has 3 heteroatoms. The molecule has 1 aromatic carbocycles. The summed E-state index contributed by atoms with van der Waals surface area (Å²) in [6.45, 7) is 0.766. The second kappa shape index (κ2) is 4.63. The van der Waals surface area contributed by atoms with Crippen LogP contribution in [0.2, 0.25) is 0 Å². The second-order valence-electron chi connectivity index (χ2n) is 3.15. The van der Waals surface area contributed by atoms with E-state index in [4.69, 9.17) is 5.26 Å². The Morgan fingerprint density at radius 2 is 2.07 bits per heavy atom. The molecule has 2 rings (SSSR count). The van der Waals surface area contributed by atoms with Gasteiger partial charge in [0.05, 0.1) is 0 Å². The molecule has 0 unspecified atom stereocenters. The van der Waals surface area contributed by atoms with E-state index in [9.17, 15) is 0 Å². The van der Waals surface area contributed by atoms with Crippen molar-refractivity contribution in [2.24, 2.45) is 0 Å². The lowest BCUT2D eigenvalue weighted by molar-refractivity contribution is 1.16. The number of benzene rings is 1. The van der Waals surface area contributed by atoms with E-state index >= 15 is 0 Å². The minimum atomic E-state index is 0.764. The van der Waals surface area contributed by atoms with Gasteiger partial charge in [0.25, 0.3) is 0 Å². The minimum Gasteiger partial charge on any atom is -0.381 e. The van der Waals surface area contributed by atoms with Crippen molar-refractivity contribution in [3.05, 3.63) is 52.2 Å². The van der Waals surface area contributed by atoms with Gasteiger partial charge in [-0.2, -0.15) is 5.26 Å². The predicted octanol–water partition coefficient (Wildman–Crippen LogP) is 3.23. The average molecular weight is 214 g/mol. The van der Waals surface area contributed by atoms with Gasteiger partial charge in [-0.3, -0.25) is 0 Å². The van der Waals surface area contributed by atoms with Crippen LogP contribution in [-0.4, -0.2) is 0 Å². The van der Waals surface area contributed by atoms with Crippen LogP contribution < -0.4 is 5.32 Å². The minimum absolute atomic E-state index is 0.764. The Bertz CT molecular complexity index is 468. The van der Waals surface area contributed by atoms with Crippen molar-refractivity contribution >= 4 is 17.0 Å². The lowest BCUT2D eigenvalue weighted by Crippen LogP contribution is -1.97. The Labute approximate surface area is 92.8 Å². The molecule has 15 heavy (non-hydrogen) atoms. The molecule has 0 saturated carbocycles. The molecule has 0 aliphatic rings. The maximum Gasteiger partial charge on any atom is 0.110 e. The molecular formula is C12H10N2S. The van der Waals surface area contributed by atoms with Crippen molar-refractivity contribution in [3.8, 4) is 6.07 Å². The number of nitrogens with one attached hydrogen (secondary N) is 1. The molecule has 0 aliphatic carbocycles. The van der Waals surface area contributed by atoms with Crippen molar-refractivity contribution < 1.29 is 0 Å². The van der Waals surface area contributed by atoms with E-state index in [0.29, 0.717) is 0 Å². The maximum atomic E-state index is 8.68. The topological polar surface area (TPSA) is 35.8 Å². The highest BCUT2D eigenvalue weighted by Gasteiger charge is 1.98. The third-order valence-corrected chi connectivity index (χ3v) is 2.92. The van der Waals surface area contributed by atoms with Crippen LogP contribution in [-0.2, 0) is 6.54 Å². The summed E-state index contributed by atoms with van der Waals surface area (Å²) in [6.07, 6.45) is 0. The number of hydrogen-bond donors (Lipinski definition) is 1. The van der Waals surface area contributed by atoms with Crippen molar-refractivity contribution in [1.29, 1.82) is 5.26 Å². The maximum absolute atomic E-state index is 8.68. The van der Waals surface area contributed by atoms with Gasteiger partial charge in [0.15, 0.2) is 0 Å².